The number of piperidine rings is 1. The first-order chi connectivity index (χ1) is 9.20. The number of likely N-dealkylation sites (tertiary alicyclic amines) is 1. The summed E-state index contributed by atoms with van der Waals surface area (Å²) >= 11 is 0. The Morgan fingerprint density at radius 1 is 1.40 bits per heavy atom. The van der Waals surface area contributed by atoms with Gasteiger partial charge in [-0.15, -0.1) is 0 Å². The molecule has 0 aliphatic carbocycles. The highest BCUT2D eigenvalue weighted by Crippen LogP contribution is 2.18. The summed E-state index contributed by atoms with van der Waals surface area (Å²) in [6, 6.07) is -0.0940. The number of nitrogens with two attached hydrogens (primary N) is 1. The van der Waals surface area contributed by atoms with Crippen LogP contribution >= 0.6 is 0 Å². The van der Waals surface area contributed by atoms with E-state index in [0.717, 1.165) is 25.9 Å². The van der Waals surface area contributed by atoms with Gasteiger partial charge in [-0.3, -0.25) is 9.59 Å². The minimum Gasteiger partial charge on any atom is -0.355 e. The minimum atomic E-state index is -0.362. The molecule has 1 fully saturated rings. The zero-order valence-electron chi connectivity index (χ0n) is 13.2. The maximum absolute atomic E-state index is 12.0. The largest absolute Gasteiger partial charge is 0.355 e. The number of nitrogens with one attached hydrogen (secondary N) is 1. The van der Waals surface area contributed by atoms with Gasteiger partial charge in [0.2, 0.25) is 11.8 Å². The summed E-state index contributed by atoms with van der Waals surface area (Å²) in [5.74, 6) is 0.551. The van der Waals surface area contributed by atoms with Gasteiger partial charge in [-0.1, -0.05) is 20.8 Å². The fourth-order valence-electron chi connectivity index (χ4n) is 2.36. The number of carbonyl (C=O) groups excluding carboxylic acids is 2. The molecule has 3 N–H and O–H groups in total. The van der Waals surface area contributed by atoms with Crippen molar-refractivity contribution in [2.75, 3.05) is 19.6 Å². The number of amides is 2. The summed E-state index contributed by atoms with van der Waals surface area (Å²) in [6.45, 7) is 9.76. The van der Waals surface area contributed by atoms with Crippen LogP contribution in [0.5, 0.6) is 0 Å². The summed E-state index contributed by atoms with van der Waals surface area (Å²) in [6.07, 6.45) is 2.47. The number of carbonyl (C=O) groups is 2. The van der Waals surface area contributed by atoms with Crippen LogP contribution in [0.2, 0.25) is 0 Å². The number of hydrogen-bond acceptors (Lipinski definition) is 3. The van der Waals surface area contributed by atoms with E-state index in [1.54, 1.807) is 0 Å². The van der Waals surface area contributed by atoms with Gasteiger partial charge in [-0.25, -0.2) is 0 Å². The van der Waals surface area contributed by atoms with E-state index in [4.69, 9.17) is 5.73 Å². The fourth-order valence-corrected chi connectivity index (χ4v) is 2.36. The van der Waals surface area contributed by atoms with Gasteiger partial charge in [0, 0.05) is 37.5 Å². The smallest absolute Gasteiger partial charge is 0.225 e. The molecule has 5 nitrogen and oxygen atoms in total. The van der Waals surface area contributed by atoms with Crippen LogP contribution in [0, 0.1) is 11.3 Å². The third-order valence-corrected chi connectivity index (χ3v) is 3.60. The van der Waals surface area contributed by atoms with Crippen LogP contribution in [0.4, 0.5) is 0 Å². The van der Waals surface area contributed by atoms with E-state index in [1.807, 2.05) is 32.6 Å². The summed E-state index contributed by atoms with van der Waals surface area (Å²) in [4.78, 5) is 25.8. The molecule has 0 bridgehead atoms. The Morgan fingerprint density at radius 2 is 2.05 bits per heavy atom. The van der Waals surface area contributed by atoms with E-state index < -0.39 is 0 Å². The molecule has 1 heterocycles. The van der Waals surface area contributed by atoms with Gasteiger partial charge in [0.05, 0.1) is 0 Å². The van der Waals surface area contributed by atoms with Crippen molar-refractivity contribution in [2.45, 2.75) is 53.0 Å². The molecule has 0 aromatic carbocycles. The van der Waals surface area contributed by atoms with Gasteiger partial charge in [0.15, 0.2) is 0 Å². The first kappa shape index (κ1) is 17.0. The molecule has 5 heteroatoms. The third-order valence-electron chi connectivity index (χ3n) is 3.60. The maximum Gasteiger partial charge on any atom is 0.225 e. The Morgan fingerprint density at radius 3 is 2.60 bits per heavy atom. The van der Waals surface area contributed by atoms with E-state index in [0.29, 0.717) is 18.9 Å². The van der Waals surface area contributed by atoms with Crippen LogP contribution in [-0.2, 0) is 9.59 Å². The summed E-state index contributed by atoms with van der Waals surface area (Å²) in [5.41, 5.74) is 5.31. The van der Waals surface area contributed by atoms with Gasteiger partial charge in [-0.2, -0.15) is 0 Å². The topological polar surface area (TPSA) is 75.4 Å². The molecule has 0 radical (unpaired) electrons. The second kappa shape index (κ2) is 7.07. The SMILES string of the molecule is CC(N)CC(=O)N1CCCC(CNC(=O)C(C)(C)C)C1. The number of hydrogen-bond donors (Lipinski definition) is 2. The lowest BCUT2D eigenvalue weighted by atomic mass is 9.94. The standard InChI is InChI=1S/C15H29N3O2/c1-11(16)8-13(19)18-7-5-6-12(10-18)9-17-14(20)15(2,3)4/h11-12H,5-10,16H2,1-4H3,(H,17,20). The van der Waals surface area contributed by atoms with Crippen LogP contribution in [0.3, 0.4) is 0 Å². The molecule has 0 saturated carbocycles. The molecule has 0 aromatic heterocycles. The first-order valence-corrected chi connectivity index (χ1v) is 7.52. The van der Waals surface area contributed by atoms with E-state index in [-0.39, 0.29) is 23.3 Å². The molecule has 2 atom stereocenters. The normalized spacial score (nSPS) is 21.4. The van der Waals surface area contributed by atoms with Gasteiger partial charge >= 0.3 is 0 Å². The summed E-state index contributed by atoms with van der Waals surface area (Å²) < 4.78 is 0. The van der Waals surface area contributed by atoms with Crippen molar-refractivity contribution in [3.8, 4) is 0 Å². The van der Waals surface area contributed by atoms with Gasteiger partial charge in [0.25, 0.3) is 0 Å². The van der Waals surface area contributed by atoms with Crippen molar-refractivity contribution >= 4 is 11.8 Å². The zero-order valence-corrected chi connectivity index (χ0v) is 13.2. The molecule has 20 heavy (non-hydrogen) atoms. The molecule has 0 spiro atoms. The highest BCUT2D eigenvalue weighted by Gasteiger charge is 2.26. The lowest BCUT2D eigenvalue weighted by Gasteiger charge is -2.33. The predicted octanol–water partition coefficient (Wildman–Crippen LogP) is 1.12. The Balaban J connectivity index is 2.41. The molecule has 1 aliphatic rings. The zero-order chi connectivity index (χ0) is 15.3. The van der Waals surface area contributed by atoms with Gasteiger partial charge in [0.1, 0.15) is 0 Å². The lowest BCUT2D eigenvalue weighted by Crippen LogP contribution is -2.46. The molecule has 1 rings (SSSR count). The minimum absolute atomic E-state index is 0.0662. The number of rotatable bonds is 4. The van der Waals surface area contributed by atoms with Crippen molar-refractivity contribution in [3.05, 3.63) is 0 Å². The molecular weight excluding hydrogens is 254 g/mol. The van der Waals surface area contributed by atoms with Gasteiger partial charge in [-0.05, 0) is 25.7 Å². The molecule has 1 saturated heterocycles. The van der Waals surface area contributed by atoms with Crippen molar-refractivity contribution in [3.63, 3.8) is 0 Å². The van der Waals surface area contributed by atoms with Crippen molar-refractivity contribution in [1.82, 2.24) is 10.2 Å². The molecule has 0 aromatic rings. The molecular formula is C15H29N3O2. The fraction of sp³-hybridized carbons (Fsp3) is 0.867. The molecule has 2 unspecified atom stereocenters. The van der Waals surface area contributed by atoms with E-state index >= 15 is 0 Å². The lowest BCUT2D eigenvalue weighted by molar-refractivity contribution is -0.133. The Hall–Kier alpha value is -1.10. The van der Waals surface area contributed by atoms with Crippen molar-refractivity contribution in [2.24, 2.45) is 17.1 Å². The van der Waals surface area contributed by atoms with Crippen LogP contribution in [0.1, 0.15) is 47.0 Å². The highest BCUT2D eigenvalue weighted by molar-refractivity contribution is 5.81. The predicted molar refractivity (Wildman–Crippen MR) is 80.0 cm³/mol. The van der Waals surface area contributed by atoms with Crippen LogP contribution < -0.4 is 11.1 Å². The first-order valence-electron chi connectivity index (χ1n) is 7.52. The highest BCUT2D eigenvalue weighted by atomic mass is 16.2. The Kier molecular flexibility index (Phi) is 5.99. The number of nitrogens with zero attached hydrogens (tertiary/aromatic N) is 1. The summed E-state index contributed by atoms with van der Waals surface area (Å²) in [7, 11) is 0. The van der Waals surface area contributed by atoms with Gasteiger partial charge < -0.3 is 16.0 Å². The average Bonchev–Trinajstić information content (AvgIpc) is 2.34. The monoisotopic (exact) mass is 283 g/mol. The third kappa shape index (κ3) is 5.49. The molecule has 2 amide bonds. The van der Waals surface area contributed by atoms with Crippen molar-refractivity contribution < 1.29 is 9.59 Å². The molecule has 1 aliphatic heterocycles. The molecule has 116 valence electrons. The second-order valence-corrected chi connectivity index (χ2v) is 6.99. The van der Waals surface area contributed by atoms with E-state index in [9.17, 15) is 9.59 Å². The Bertz CT molecular complexity index is 348. The van der Waals surface area contributed by atoms with Crippen LogP contribution in [0.25, 0.3) is 0 Å². The van der Waals surface area contributed by atoms with Crippen LogP contribution in [0.15, 0.2) is 0 Å². The Labute approximate surface area is 122 Å². The van der Waals surface area contributed by atoms with E-state index in [1.165, 1.54) is 0 Å². The van der Waals surface area contributed by atoms with E-state index in [2.05, 4.69) is 5.32 Å². The maximum atomic E-state index is 12.0. The second-order valence-electron chi connectivity index (χ2n) is 6.99. The quantitative estimate of drug-likeness (QED) is 0.812. The van der Waals surface area contributed by atoms with Crippen molar-refractivity contribution in [1.29, 1.82) is 0 Å². The summed E-state index contributed by atoms with van der Waals surface area (Å²) in [5, 5.41) is 2.99. The average molecular weight is 283 g/mol. The van der Waals surface area contributed by atoms with Crippen LogP contribution in [-0.4, -0.2) is 42.4 Å².